The molecular formula is C12H9F3N2O3. The van der Waals surface area contributed by atoms with Crippen LogP contribution in [0.3, 0.4) is 0 Å². The Balaban J connectivity index is 2.74. The number of aldehydes is 1. The minimum atomic E-state index is -4.64. The van der Waals surface area contributed by atoms with Crippen molar-refractivity contribution in [2.75, 3.05) is 6.61 Å². The molecule has 8 heteroatoms. The van der Waals surface area contributed by atoms with Crippen molar-refractivity contribution in [3.05, 3.63) is 35.3 Å². The number of rotatable bonds is 3. The van der Waals surface area contributed by atoms with Gasteiger partial charge in [-0.15, -0.1) is 0 Å². The molecule has 2 aromatic heterocycles. The van der Waals surface area contributed by atoms with E-state index in [-0.39, 0.29) is 18.6 Å². The molecule has 0 radical (unpaired) electrons. The highest BCUT2D eigenvalue weighted by Gasteiger charge is 2.35. The highest BCUT2D eigenvalue weighted by atomic mass is 19.4. The van der Waals surface area contributed by atoms with Crippen molar-refractivity contribution in [2.45, 2.75) is 13.1 Å². The quantitative estimate of drug-likeness (QED) is 0.642. The van der Waals surface area contributed by atoms with Gasteiger partial charge in [-0.05, 0) is 19.1 Å². The van der Waals surface area contributed by atoms with Gasteiger partial charge < -0.3 is 4.74 Å². The van der Waals surface area contributed by atoms with E-state index in [1.807, 2.05) is 0 Å². The van der Waals surface area contributed by atoms with Crippen LogP contribution in [0.25, 0.3) is 5.65 Å². The minimum Gasteiger partial charge on any atom is -0.461 e. The van der Waals surface area contributed by atoms with Gasteiger partial charge in [0.2, 0.25) is 0 Å². The average molecular weight is 286 g/mol. The number of carbonyl (C=O) groups excluding carboxylic acids is 2. The fourth-order valence-electron chi connectivity index (χ4n) is 1.77. The Labute approximate surface area is 111 Å². The molecule has 0 bridgehead atoms. The van der Waals surface area contributed by atoms with Crippen LogP contribution in [-0.2, 0) is 10.9 Å². The second-order valence-corrected chi connectivity index (χ2v) is 3.80. The standard InChI is InChI=1S/C12H9F3N2O3/c1-2-20-11(19)9-8(6-18)17-5-3-4-7(10(17)16-9)12(13,14)15/h3-6H,2H2,1H3. The van der Waals surface area contributed by atoms with Gasteiger partial charge in [-0.1, -0.05) is 0 Å². The van der Waals surface area contributed by atoms with E-state index in [0.29, 0.717) is 0 Å². The number of imidazole rings is 1. The number of pyridine rings is 1. The maximum Gasteiger partial charge on any atom is 0.419 e. The minimum absolute atomic E-state index is 0.0249. The first-order valence-electron chi connectivity index (χ1n) is 5.60. The molecule has 0 saturated heterocycles. The molecule has 2 heterocycles. The smallest absolute Gasteiger partial charge is 0.419 e. The van der Waals surface area contributed by atoms with Gasteiger partial charge in [0, 0.05) is 6.20 Å². The van der Waals surface area contributed by atoms with Gasteiger partial charge in [0.1, 0.15) is 5.69 Å². The van der Waals surface area contributed by atoms with Crippen LogP contribution in [0, 0.1) is 0 Å². The molecule has 0 amide bonds. The van der Waals surface area contributed by atoms with Crippen LogP contribution in [0.2, 0.25) is 0 Å². The molecule has 0 fully saturated rings. The number of carbonyl (C=O) groups is 2. The monoisotopic (exact) mass is 286 g/mol. The lowest BCUT2D eigenvalue weighted by molar-refractivity contribution is -0.136. The first-order valence-corrected chi connectivity index (χ1v) is 5.60. The van der Waals surface area contributed by atoms with Crippen molar-refractivity contribution >= 4 is 17.9 Å². The van der Waals surface area contributed by atoms with Gasteiger partial charge in [0.15, 0.2) is 17.6 Å². The van der Waals surface area contributed by atoms with Crippen LogP contribution >= 0.6 is 0 Å². The first-order chi connectivity index (χ1) is 9.40. The summed E-state index contributed by atoms with van der Waals surface area (Å²) in [5.41, 5.74) is -2.24. The molecule has 106 valence electrons. The zero-order chi connectivity index (χ0) is 14.9. The number of alkyl halides is 3. The highest BCUT2D eigenvalue weighted by Crippen LogP contribution is 2.32. The summed E-state index contributed by atoms with van der Waals surface area (Å²) < 4.78 is 44.2. The fraction of sp³-hybridized carbons (Fsp3) is 0.250. The molecule has 2 rings (SSSR count). The molecule has 0 aliphatic carbocycles. The van der Waals surface area contributed by atoms with E-state index in [1.165, 1.54) is 13.1 Å². The summed E-state index contributed by atoms with van der Waals surface area (Å²) in [7, 11) is 0. The van der Waals surface area contributed by atoms with Gasteiger partial charge in [-0.3, -0.25) is 9.20 Å². The topological polar surface area (TPSA) is 60.7 Å². The summed E-state index contributed by atoms with van der Waals surface area (Å²) in [4.78, 5) is 26.2. The molecule has 0 saturated carbocycles. The Morgan fingerprint density at radius 2 is 2.20 bits per heavy atom. The SMILES string of the molecule is CCOC(=O)c1nc2c(C(F)(F)F)cccn2c1C=O. The van der Waals surface area contributed by atoms with Crippen LogP contribution in [0.5, 0.6) is 0 Å². The normalized spacial score (nSPS) is 11.6. The maximum atomic E-state index is 12.9. The summed E-state index contributed by atoms with van der Waals surface area (Å²) in [6.45, 7) is 1.56. The second-order valence-electron chi connectivity index (χ2n) is 3.80. The number of nitrogens with zero attached hydrogens (tertiary/aromatic N) is 2. The number of ether oxygens (including phenoxy) is 1. The molecule has 0 unspecified atom stereocenters. The number of aromatic nitrogens is 2. The van der Waals surface area contributed by atoms with E-state index in [0.717, 1.165) is 16.5 Å². The van der Waals surface area contributed by atoms with Gasteiger partial charge in [0.05, 0.1) is 12.2 Å². The molecule has 0 aromatic carbocycles. The fourth-order valence-corrected chi connectivity index (χ4v) is 1.77. The number of esters is 1. The van der Waals surface area contributed by atoms with Crippen molar-refractivity contribution in [1.29, 1.82) is 0 Å². The largest absolute Gasteiger partial charge is 0.461 e. The van der Waals surface area contributed by atoms with E-state index in [2.05, 4.69) is 9.72 Å². The Kier molecular flexibility index (Phi) is 3.47. The predicted molar refractivity (Wildman–Crippen MR) is 61.5 cm³/mol. The molecule has 5 nitrogen and oxygen atoms in total. The van der Waals surface area contributed by atoms with Gasteiger partial charge in [-0.25, -0.2) is 9.78 Å². The Morgan fingerprint density at radius 1 is 1.50 bits per heavy atom. The predicted octanol–water partition coefficient (Wildman–Crippen LogP) is 2.34. The number of halogens is 3. The number of fused-ring (bicyclic) bond motifs is 1. The van der Waals surface area contributed by atoms with E-state index in [4.69, 9.17) is 0 Å². The highest BCUT2D eigenvalue weighted by molar-refractivity contribution is 5.97. The van der Waals surface area contributed by atoms with Gasteiger partial charge >= 0.3 is 12.1 Å². The first kappa shape index (κ1) is 14.0. The van der Waals surface area contributed by atoms with E-state index >= 15 is 0 Å². The van der Waals surface area contributed by atoms with Crippen molar-refractivity contribution in [1.82, 2.24) is 9.38 Å². The molecule has 0 N–H and O–H groups in total. The maximum absolute atomic E-state index is 12.9. The molecular weight excluding hydrogens is 277 g/mol. The van der Waals surface area contributed by atoms with E-state index in [9.17, 15) is 22.8 Å². The molecule has 0 atom stereocenters. The van der Waals surface area contributed by atoms with Crippen LogP contribution in [0.15, 0.2) is 18.3 Å². The summed E-state index contributed by atoms with van der Waals surface area (Å²) >= 11 is 0. The summed E-state index contributed by atoms with van der Waals surface area (Å²) in [6.07, 6.45) is -3.14. The molecule has 2 aromatic rings. The lowest BCUT2D eigenvalue weighted by Crippen LogP contribution is -2.08. The Bertz CT molecular complexity index is 676. The molecule has 0 aliphatic heterocycles. The van der Waals surface area contributed by atoms with Gasteiger partial charge in [-0.2, -0.15) is 13.2 Å². The summed E-state index contributed by atoms with van der Waals surface area (Å²) in [5, 5.41) is 0. The van der Waals surface area contributed by atoms with Crippen LogP contribution in [0.4, 0.5) is 13.2 Å². The molecule has 20 heavy (non-hydrogen) atoms. The third kappa shape index (κ3) is 2.24. The molecule has 0 spiro atoms. The third-order valence-corrected chi connectivity index (χ3v) is 2.57. The van der Waals surface area contributed by atoms with Crippen LogP contribution < -0.4 is 0 Å². The van der Waals surface area contributed by atoms with Gasteiger partial charge in [0.25, 0.3) is 0 Å². The van der Waals surface area contributed by atoms with Crippen molar-refractivity contribution < 1.29 is 27.5 Å². The van der Waals surface area contributed by atoms with Crippen LogP contribution in [0.1, 0.15) is 33.5 Å². The average Bonchev–Trinajstić information content (AvgIpc) is 2.75. The third-order valence-electron chi connectivity index (χ3n) is 2.57. The lowest BCUT2D eigenvalue weighted by Gasteiger charge is -2.07. The van der Waals surface area contributed by atoms with Crippen molar-refractivity contribution in [3.8, 4) is 0 Å². The van der Waals surface area contributed by atoms with Crippen molar-refractivity contribution in [3.63, 3.8) is 0 Å². The summed E-state index contributed by atoms with van der Waals surface area (Å²) in [5.74, 6) is -0.938. The number of hydrogen-bond acceptors (Lipinski definition) is 4. The Hall–Kier alpha value is -2.38. The van der Waals surface area contributed by atoms with E-state index in [1.54, 1.807) is 0 Å². The summed E-state index contributed by atoms with van der Waals surface area (Å²) in [6, 6.07) is 1.95. The number of hydrogen-bond donors (Lipinski definition) is 0. The second kappa shape index (κ2) is 4.95. The zero-order valence-corrected chi connectivity index (χ0v) is 10.3. The van der Waals surface area contributed by atoms with Crippen molar-refractivity contribution in [2.24, 2.45) is 0 Å². The Morgan fingerprint density at radius 3 is 2.75 bits per heavy atom. The molecule has 0 aliphatic rings. The van der Waals surface area contributed by atoms with Crippen LogP contribution in [-0.4, -0.2) is 28.2 Å². The zero-order valence-electron chi connectivity index (χ0n) is 10.3. The lowest BCUT2D eigenvalue weighted by atomic mass is 10.2. The van der Waals surface area contributed by atoms with E-state index < -0.39 is 29.1 Å².